The van der Waals surface area contributed by atoms with E-state index in [0.717, 1.165) is 18.2 Å². The summed E-state index contributed by atoms with van der Waals surface area (Å²) in [5.41, 5.74) is -0.599. The molecule has 0 fully saturated rings. The standard InChI is InChI=1S/C18H17F3N2O3/c1-23(2)17(25)12-7-8-15(26-3)14(10-12)22-16(24)11-5-4-6-13(9-11)18(19,20)21/h4-10H,1-3H3,(H,22,24). The summed E-state index contributed by atoms with van der Waals surface area (Å²) in [6.45, 7) is 0. The molecule has 0 heterocycles. The first-order valence-corrected chi connectivity index (χ1v) is 7.52. The molecule has 8 heteroatoms. The van der Waals surface area contributed by atoms with Gasteiger partial charge in [0.1, 0.15) is 5.75 Å². The van der Waals surface area contributed by atoms with Crippen molar-refractivity contribution in [1.29, 1.82) is 0 Å². The number of carbonyl (C=O) groups excluding carboxylic acids is 2. The molecule has 0 bridgehead atoms. The van der Waals surface area contributed by atoms with Crippen LogP contribution in [0.1, 0.15) is 26.3 Å². The first-order chi connectivity index (χ1) is 12.1. The van der Waals surface area contributed by atoms with Gasteiger partial charge in [-0.2, -0.15) is 13.2 Å². The van der Waals surface area contributed by atoms with Gasteiger partial charge in [-0.25, -0.2) is 0 Å². The SMILES string of the molecule is COc1ccc(C(=O)N(C)C)cc1NC(=O)c1cccc(C(F)(F)F)c1. The van der Waals surface area contributed by atoms with E-state index in [-0.39, 0.29) is 22.9 Å². The van der Waals surface area contributed by atoms with Gasteiger partial charge in [0.05, 0.1) is 18.4 Å². The zero-order chi connectivity index (χ0) is 19.5. The van der Waals surface area contributed by atoms with Gasteiger partial charge >= 0.3 is 6.18 Å². The molecule has 26 heavy (non-hydrogen) atoms. The third-order valence-electron chi connectivity index (χ3n) is 3.55. The summed E-state index contributed by atoms with van der Waals surface area (Å²) in [5.74, 6) is -0.758. The van der Waals surface area contributed by atoms with Crippen LogP contribution >= 0.6 is 0 Å². The molecule has 0 spiro atoms. The molecule has 0 saturated heterocycles. The van der Waals surface area contributed by atoms with Gasteiger partial charge in [-0.1, -0.05) is 6.07 Å². The monoisotopic (exact) mass is 366 g/mol. The van der Waals surface area contributed by atoms with Crippen LogP contribution in [0.2, 0.25) is 0 Å². The Morgan fingerprint density at radius 3 is 2.31 bits per heavy atom. The molecule has 0 unspecified atom stereocenters. The maximum atomic E-state index is 12.8. The number of halogens is 3. The molecule has 138 valence electrons. The Morgan fingerprint density at radius 2 is 1.73 bits per heavy atom. The molecule has 0 aliphatic carbocycles. The molecule has 1 N–H and O–H groups in total. The normalized spacial score (nSPS) is 11.0. The number of nitrogens with one attached hydrogen (secondary N) is 1. The van der Waals surface area contributed by atoms with Gasteiger partial charge < -0.3 is 15.0 Å². The largest absolute Gasteiger partial charge is 0.495 e. The lowest BCUT2D eigenvalue weighted by Gasteiger charge is -2.15. The van der Waals surface area contributed by atoms with Gasteiger partial charge in [0.15, 0.2) is 0 Å². The van der Waals surface area contributed by atoms with Crippen molar-refractivity contribution in [2.75, 3.05) is 26.5 Å². The van der Waals surface area contributed by atoms with Gasteiger partial charge in [-0.15, -0.1) is 0 Å². The summed E-state index contributed by atoms with van der Waals surface area (Å²) in [7, 11) is 4.53. The number of carbonyl (C=O) groups is 2. The highest BCUT2D eigenvalue weighted by molar-refractivity contribution is 6.06. The first kappa shape index (κ1) is 19.3. The minimum Gasteiger partial charge on any atom is -0.495 e. The summed E-state index contributed by atoms with van der Waals surface area (Å²) in [5, 5.41) is 2.49. The molecule has 0 saturated carbocycles. The second kappa shape index (κ2) is 7.47. The van der Waals surface area contributed by atoms with Crippen LogP contribution in [-0.4, -0.2) is 37.9 Å². The number of anilines is 1. The number of methoxy groups -OCH3 is 1. The molecular formula is C18H17F3N2O3. The third kappa shape index (κ3) is 4.33. The van der Waals surface area contributed by atoms with Crippen molar-refractivity contribution in [3.63, 3.8) is 0 Å². The molecule has 2 aromatic carbocycles. The van der Waals surface area contributed by atoms with E-state index in [4.69, 9.17) is 4.74 Å². The van der Waals surface area contributed by atoms with Crippen molar-refractivity contribution >= 4 is 17.5 Å². The highest BCUT2D eigenvalue weighted by atomic mass is 19.4. The lowest BCUT2D eigenvalue weighted by atomic mass is 10.1. The maximum absolute atomic E-state index is 12.8. The highest BCUT2D eigenvalue weighted by Gasteiger charge is 2.31. The Balaban J connectivity index is 2.34. The fraction of sp³-hybridized carbons (Fsp3) is 0.222. The van der Waals surface area contributed by atoms with Gasteiger partial charge in [-0.3, -0.25) is 9.59 Å². The molecule has 2 rings (SSSR count). The van der Waals surface area contributed by atoms with Crippen LogP contribution < -0.4 is 10.1 Å². The molecule has 0 aromatic heterocycles. The van der Waals surface area contributed by atoms with Crippen LogP contribution in [0.5, 0.6) is 5.75 Å². The molecule has 2 amide bonds. The number of hydrogen-bond acceptors (Lipinski definition) is 3. The average Bonchev–Trinajstić information content (AvgIpc) is 2.60. The minimum absolute atomic E-state index is 0.161. The topological polar surface area (TPSA) is 58.6 Å². The van der Waals surface area contributed by atoms with Crippen molar-refractivity contribution in [1.82, 2.24) is 4.90 Å². The smallest absolute Gasteiger partial charge is 0.416 e. The fourth-order valence-corrected chi connectivity index (χ4v) is 2.23. The minimum atomic E-state index is -4.55. The van der Waals surface area contributed by atoms with Crippen LogP contribution in [0, 0.1) is 0 Å². The molecular weight excluding hydrogens is 349 g/mol. The number of ether oxygens (including phenoxy) is 1. The van der Waals surface area contributed by atoms with Gasteiger partial charge in [0.2, 0.25) is 0 Å². The van der Waals surface area contributed by atoms with Crippen LogP contribution in [0.3, 0.4) is 0 Å². The zero-order valence-electron chi connectivity index (χ0n) is 14.3. The second-order valence-corrected chi connectivity index (χ2v) is 5.65. The summed E-state index contributed by atoms with van der Waals surface area (Å²) in [4.78, 5) is 25.8. The molecule has 0 aliphatic rings. The first-order valence-electron chi connectivity index (χ1n) is 7.52. The lowest BCUT2D eigenvalue weighted by Crippen LogP contribution is -2.22. The van der Waals surface area contributed by atoms with Crippen LogP contribution in [0.4, 0.5) is 18.9 Å². The summed E-state index contributed by atoms with van der Waals surface area (Å²) in [6.07, 6.45) is -4.55. The Hall–Kier alpha value is -3.03. The van der Waals surface area contributed by atoms with Crippen molar-refractivity contribution in [3.05, 3.63) is 59.2 Å². The summed E-state index contributed by atoms with van der Waals surface area (Å²) in [6, 6.07) is 8.50. The predicted molar refractivity (Wildman–Crippen MR) is 90.4 cm³/mol. The predicted octanol–water partition coefficient (Wildman–Crippen LogP) is 3.67. The quantitative estimate of drug-likeness (QED) is 0.898. The van der Waals surface area contributed by atoms with Gasteiger partial charge in [0, 0.05) is 25.2 Å². The highest BCUT2D eigenvalue weighted by Crippen LogP contribution is 2.30. The lowest BCUT2D eigenvalue weighted by molar-refractivity contribution is -0.137. The average molecular weight is 366 g/mol. The Kier molecular flexibility index (Phi) is 5.54. The number of hydrogen-bond donors (Lipinski definition) is 1. The molecule has 5 nitrogen and oxygen atoms in total. The van der Waals surface area contributed by atoms with E-state index in [1.54, 1.807) is 14.1 Å². The molecule has 0 aliphatic heterocycles. The van der Waals surface area contributed by atoms with Crippen molar-refractivity contribution in [3.8, 4) is 5.75 Å². The molecule has 0 radical (unpaired) electrons. The summed E-state index contributed by atoms with van der Waals surface area (Å²) >= 11 is 0. The van der Waals surface area contributed by atoms with Crippen molar-refractivity contribution < 1.29 is 27.5 Å². The van der Waals surface area contributed by atoms with E-state index in [1.807, 2.05) is 0 Å². The third-order valence-corrected chi connectivity index (χ3v) is 3.55. The second-order valence-electron chi connectivity index (χ2n) is 5.65. The summed E-state index contributed by atoms with van der Waals surface area (Å²) < 4.78 is 43.5. The van der Waals surface area contributed by atoms with Gasteiger partial charge in [0.25, 0.3) is 11.8 Å². The number of rotatable bonds is 4. The Bertz CT molecular complexity index is 833. The Morgan fingerprint density at radius 1 is 1.04 bits per heavy atom. The van der Waals surface area contributed by atoms with Crippen molar-refractivity contribution in [2.24, 2.45) is 0 Å². The van der Waals surface area contributed by atoms with Gasteiger partial charge in [-0.05, 0) is 36.4 Å². The number of alkyl halides is 3. The zero-order valence-corrected chi connectivity index (χ0v) is 14.3. The van der Waals surface area contributed by atoms with E-state index >= 15 is 0 Å². The molecule has 2 aromatic rings. The molecule has 0 atom stereocenters. The number of nitrogens with zero attached hydrogens (tertiary/aromatic N) is 1. The van der Waals surface area contributed by atoms with E-state index in [9.17, 15) is 22.8 Å². The van der Waals surface area contributed by atoms with Crippen LogP contribution in [-0.2, 0) is 6.18 Å². The van der Waals surface area contributed by atoms with E-state index in [1.165, 1.54) is 36.3 Å². The van der Waals surface area contributed by atoms with E-state index in [2.05, 4.69) is 5.32 Å². The fourth-order valence-electron chi connectivity index (χ4n) is 2.23. The number of benzene rings is 2. The number of amides is 2. The van der Waals surface area contributed by atoms with Crippen LogP contribution in [0.25, 0.3) is 0 Å². The maximum Gasteiger partial charge on any atom is 0.416 e. The van der Waals surface area contributed by atoms with Crippen LogP contribution in [0.15, 0.2) is 42.5 Å². The Labute approximate surface area is 148 Å². The van der Waals surface area contributed by atoms with E-state index in [0.29, 0.717) is 5.56 Å². The van der Waals surface area contributed by atoms with E-state index < -0.39 is 17.6 Å². The van der Waals surface area contributed by atoms with Crippen molar-refractivity contribution in [2.45, 2.75) is 6.18 Å².